The molecule has 0 radical (unpaired) electrons. The van der Waals surface area contributed by atoms with Crippen LogP contribution in [0.15, 0.2) is 12.7 Å². The number of nitrogens with zero attached hydrogens (tertiary/aromatic N) is 1. The summed E-state index contributed by atoms with van der Waals surface area (Å²) >= 11 is 0. The van der Waals surface area contributed by atoms with Gasteiger partial charge in [-0.25, -0.2) is 4.79 Å². The van der Waals surface area contributed by atoms with Crippen LogP contribution in [0.2, 0.25) is 0 Å². The van der Waals surface area contributed by atoms with Crippen LogP contribution in [0.4, 0.5) is 0 Å². The van der Waals surface area contributed by atoms with Crippen LogP contribution in [0, 0.1) is 0 Å². The minimum Gasteiger partial charge on any atom is -0.478 e. The Morgan fingerprint density at radius 2 is 1.86 bits per heavy atom. The van der Waals surface area contributed by atoms with Crippen LogP contribution in [0.25, 0.3) is 0 Å². The summed E-state index contributed by atoms with van der Waals surface area (Å²) in [5, 5.41) is 7.60. The minimum absolute atomic E-state index is 0.194. The molecular weight excluding hydrogens is 210 g/mol. The molecule has 0 heterocycles. The van der Waals surface area contributed by atoms with Crippen molar-refractivity contribution in [1.82, 2.24) is 4.90 Å². The van der Waals surface area contributed by atoms with E-state index in [1.807, 2.05) is 0 Å². The molecule has 0 rings (SSSR count). The number of rotatable bonds is 4. The molecule has 0 aromatic heterocycles. The summed E-state index contributed by atoms with van der Waals surface area (Å²) in [7, 11) is -0.278. The second kappa shape index (κ2) is 7.48. The Balaban J connectivity index is 0. The van der Waals surface area contributed by atoms with E-state index in [2.05, 4.69) is 6.58 Å². The molecule has 0 spiro atoms. The molecule has 0 saturated heterocycles. The molecule has 0 bridgehead atoms. The Labute approximate surface area is 83.6 Å². The SMILES string of the molecule is C=CC(=O)O.CN(C)CCS(=O)(=O)O. The van der Waals surface area contributed by atoms with Gasteiger partial charge in [0, 0.05) is 12.6 Å². The Kier molecular flexibility index (Phi) is 8.31. The van der Waals surface area contributed by atoms with E-state index in [0.717, 1.165) is 6.08 Å². The largest absolute Gasteiger partial charge is 0.478 e. The molecule has 0 aromatic rings. The second-order valence-corrected chi connectivity index (χ2v) is 4.20. The monoisotopic (exact) mass is 225 g/mol. The lowest BCUT2D eigenvalue weighted by atomic mass is 10.7. The average Bonchev–Trinajstić information content (AvgIpc) is 2.01. The van der Waals surface area contributed by atoms with E-state index in [9.17, 15) is 13.2 Å². The summed E-state index contributed by atoms with van der Waals surface area (Å²) in [6.07, 6.45) is 0.833. The Morgan fingerprint density at radius 1 is 1.50 bits per heavy atom. The van der Waals surface area contributed by atoms with Gasteiger partial charge in [0.05, 0.1) is 5.75 Å². The topological polar surface area (TPSA) is 94.9 Å². The van der Waals surface area contributed by atoms with E-state index in [1.165, 1.54) is 0 Å². The molecule has 0 aromatic carbocycles. The fraction of sp³-hybridized carbons (Fsp3) is 0.571. The van der Waals surface area contributed by atoms with E-state index >= 15 is 0 Å². The molecule has 0 atom stereocenters. The Bertz CT molecular complexity index is 270. The third-order valence-electron chi connectivity index (χ3n) is 0.971. The molecule has 0 amide bonds. The van der Waals surface area contributed by atoms with Crippen molar-refractivity contribution in [3.05, 3.63) is 12.7 Å². The van der Waals surface area contributed by atoms with Crippen LogP contribution in [0.5, 0.6) is 0 Å². The summed E-state index contributed by atoms with van der Waals surface area (Å²) in [5.41, 5.74) is 0. The molecule has 0 saturated carbocycles. The Hall–Kier alpha value is -0.920. The maximum atomic E-state index is 10.1. The van der Waals surface area contributed by atoms with Gasteiger partial charge in [-0.3, -0.25) is 4.55 Å². The third-order valence-corrected chi connectivity index (χ3v) is 1.67. The molecule has 0 fully saturated rings. The summed E-state index contributed by atoms with van der Waals surface area (Å²) in [5.74, 6) is -1.18. The zero-order valence-corrected chi connectivity index (χ0v) is 8.99. The quantitative estimate of drug-likeness (QED) is 0.503. The fourth-order valence-electron chi connectivity index (χ4n) is 0.298. The Morgan fingerprint density at radius 3 is 1.93 bits per heavy atom. The zero-order chi connectivity index (χ0) is 11.8. The highest BCUT2D eigenvalue weighted by Gasteiger charge is 2.03. The predicted octanol–water partition coefficient (Wildman–Crippen LogP) is -0.307. The van der Waals surface area contributed by atoms with Gasteiger partial charge in [0.1, 0.15) is 0 Å². The first-order valence-corrected chi connectivity index (χ1v) is 5.25. The van der Waals surface area contributed by atoms with Gasteiger partial charge in [0.15, 0.2) is 0 Å². The van der Waals surface area contributed by atoms with Crippen molar-refractivity contribution in [1.29, 1.82) is 0 Å². The van der Waals surface area contributed by atoms with Crippen LogP contribution in [0.1, 0.15) is 0 Å². The number of carboxylic acids is 1. The lowest BCUT2D eigenvalue weighted by Crippen LogP contribution is -2.21. The van der Waals surface area contributed by atoms with Crippen LogP contribution >= 0.6 is 0 Å². The predicted molar refractivity (Wildman–Crippen MR) is 52.8 cm³/mol. The van der Waals surface area contributed by atoms with Crippen molar-refractivity contribution in [3.8, 4) is 0 Å². The molecule has 2 N–H and O–H groups in total. The van der Waals surface area contributed by atoms with Crippen LogP contribution in [-0.4, -0.2) is 55.3 Å². The smallest absolute Gasteiger partial charge is 0.327 e. The number of carboxylic acid groups (broad SMARTS) is 1. The molecule has 0 unspecified atom stereocenters. The first-order chi connectivity index (χ1) is 6.19. The van der Waals surface area contributed by atoms with E-state index < -0.39 is 16.1 Å². The average molecular weight is 225 g/mol. The number of carbonyl (C=O) groups is 1. The molecule has 14 heavy (non-hydrogen) atoms. The normalized spacial score (nSPS) is 10.3. The number of aliphatic carboxylic acids is 1. The van der Waals surface area contributed by atoms with Crippen molar-refractivity contribution >= 4 is 16.1 Å². The highest BCUT2D eigenvalue weighted by molar-refractivity contribution is 7.85. The molecule has 0 aliphatic carbocycles. The van der Waals surface area contributed by atoms with Crippen molar-refractivity contribution < 1.29 is 22.9 Å². The maximum Gasteiger partial charge on any atom is 0.327 e. The van der Waals surface area contributed by atoms with E-state index in [0.29, 0.717) is 6.54 Å². The molecule has 7 heteroatoms. The molecular formula is C7H15NO5S. The van der Waals surface area contributed by atoms with Crippen molar-refractivity contribution in [2.75, 3.05) is 26.4 Å². The van der Waals surface area contributed by atoms with Gasteiger partial charge in [-0.2, -0.15) is 8.42 Å². The van der Waals surface area contributed by atoms with Crippen molar-refractivity contribution in [3.63, 3.8) is 0 Å². The van der Waals surface area contributed by atoms with Crippen LogP contribution in [0.3, 0.4) is 0 Å². The highest BCUT2D eigenvalue weighted by Crippen LogP contribution is 1.82. The summed E-state index contributed by atoms with van der Waals surface area (Å²) in [6.45, 7) is 3.32. The first-order valence-electron chi connectivity index (χ1n) is 3.64. The lowest BCUT2D eigenvalue weighted by molar-refractivity contribution is -0.131. The van der Waals surface area contributed by atoms with Gasteiger partial charge in [0.25, 0.3) is 10.1 Å². The molecule has 0 aliphatic heterocycles. The van der Waals surface area contributed by atoms with Crippen molar-refractivity contribution in [2.45, 2.75) is 0 Å². The molecule has 0 aliphatic rings. The van der Waals surface area contributed by atoms with E-state index in [4.69, 9.17) is 9.66 Å². The van der Waals surface area contributed by atoms with Gasteiger partial charge in [-0.15, -0.1) is 0 Å². The van der Waals surface area contributed by atoms with Gasteiger partial charge in [-0.05, 0) is 14.1 Å². The number of hydrogen-bond donors (Lipinski definition) is 2. The van der Waals surface area contributed by atoms with Gasteiger partial charge < -0.3 is 10.0 Å². The zero-order valence-electron chi connectivity index (χ0n) is 8.17. The molecule has 84 valence electrons. The van der Waals surface area contributed by atoms with Crippen LogP contribution < -0.4 is 0 Å². The fourth-order valence-corrected chi connectivity index (χ4v) is 0.894. The van der Waals surface area contributed by atoms with Gasteiger partial charge in [-0.1, -0.05) is 6.58 Å². The lowest BCUT2D eigenvalue weighted by Gasteiger charge is -2.05. The third kappa shape index (κ3) is 22.5. The minimum atomic E-state index is -3.76. The van der Waals surface area contributed by atoms with E-state index in [-0.39, 0.29) is 5.75 Å². The number of hydrogen-bond acceptors (Lipinski definition) is 4. The van der Waals surface area contributed by atoms with Gasteiger partial charge >= 0.3 is 5.97 Å². The van der Waals surface area contributed by atoms with Crippen LogP contribution in [-0.2, 0) is 14.9 Å². The standard InChI is InChI=1S/C4H11NO3S.C3H4O2/c1-5(2)3-4-9(6,7)8;1-2-3(4)5/h3-4H2,1-2H3,(H,6,7,8);2H,1H2,(H,4,5). The van der Waals surface area contributed by atoms with E-state index in [1.54, 1.807) is 19.0 Å². The summed E-state index contributed by atoms with van der Waals surface area (Å²) in [6, 6.07) is 0. The van der Waals surface area contributed by atoms with Crippen molar-refractivity contribution in [2.24, 2.45) is 0 Å². The summed E-state index contributed by atoms with van der Waals surface area (Å²) < 4.78 is 28.3. The maximum absolute atomic E-state index is 10.1. The molecule has 6 nitrogen and oxygen atoms in total. The van der Waals surface area contributed by atoms with Gasteiger partial charge in [0.2, 0.25) is 0 Å². The first kappa shape index (κ1) is 15.5. The summed E-state index contributed by atoms with van der Waals surface area (Å²) in [4.78, 5) is 10.9. The second-order valence-electron chi connectivity index (χ2n) is 2.63. The highest BCUT2D eigenvalue weighted by atomic mass is 32.2.